The second-order valence-corrected chi connectivity index (χ2v) is 5.28. The lowest BCUT2D eigenvalue weighted by Gasteiger charge is -2.25. The first-order valence-corrected chi connectivity index (χ1v) is 6.55. The lowest BCUT2D eigenvalue weighted by molar-refractivity contribution is -0.149. The van der Waals surface area contributed by atoms with Crippen molar-refractivity contribution in [1.29, 1.82) is 0 Å². The second kappa shape index (κ2) is 6.04. The van der Waals surface area contributed by atoms with Gasteiger partial charge in [-0.2, -0.15) is 0 Å². The molecule has 0 aromatic carbocycles. The third-order valence-corrected chi connectivity index (χ3v) is 3.80. The van der Waals surface area contributed by atoms with Crippen LogP contribution in [-0.2, 0) is 14.4 Å². The molecule has 1 rings (SSSR count). The number of hydrogen-bond acceptors (Lipinski definition) is 3. The number of carboxylic acid groups (broad SMARTS) is 1. The minimum absolute atomic E-state index is 0.0111. The van der Waals surface area contributed by atoms with Gasteiger partial charge in [0, 0.05) is 27.1 Å². The van der Waals surface area contributed by atoms with Crippen molar-refractivity contribution in [1.82, 2.24) is 9.80 Å². The largest absolute Gasteiger partial charge is 0.481 e. The first-order chi connectivity index (χ1) is 8.82. The number of hydrogen-bond donors (Lipinski definition) is 1. The Kier molecular flexibility index (Phi) is 4.91. The van der Waals surface area contributed by atoms with Gasteiger partial charge in [0.2, 0.25) is 11.8 Å². The Morgan fingerprint density at radius 2 is 2.00 bits per heavy atom. The van der Waals surface area contributed by atoms with E-state index in [9.17, 15) is 19.5 Å². The van der Waals surface area contributed by atoms with Gasteiger partial charge in [-0.05, 0) is 12.8 Å². The lowest BCUT2D eigenvalue weighted by atomic mass is 9.83. The van der Waals surface area contributed by atoms with Crippen LogP contribution < -0.4 is 0 Å². The molecule has 19 heavy (non-hydrogen) atoms. The Labute approximate surface area is 113 Å². The lowest BCUT2D eigenvalue weighted by Crippen LogP contribution is -2.41. The summed E-state index contributed by atoms with van der Waals surface area (Å²) in [5.74, 6) is -1.19. The van der Waals surface area contributed by atoms with Gasteiger partial charge >= 0.3 is 5.97 Å². The molecule has 0 spiro atoms. The van der Waals surface area contributed by atoms with Gasteiger partial charge in [-0.1, -0.05) is 13.3 Å². The van der Waals surface area contributed by atoms with Gasteiger partial charge in [0.15, 0.2) is 0 Å². The summed E-state index contributed by atoms with van der Waals surface area (Å²) in [4.78, 5) is 37.4. The summed E-state index contributed by atoms with van der Waals surface area (Å²) in [6.45, 7) is 4.06. The Balaban J connectivity index is 2.66. The molecule has 1 heterocycles. The fourth-order valence-electron chi connectivity index (χ4n) is 2.46. The number of carbonyl (C=O) groups excluding carboxylic acids is 2. The maximum Gasteiger partial charge on any atom is 0.311 e. The first kappa shape index (κ1) is 15.5. The van der Waals surface area contributed by atoms with E-state index in [1.54, 1.807) is 11.9 Å². The quantitative estimate of drug-likeness (QED) is 0.792. The molecular weight excluding hydrogens is 248 g/mol. The molecule has 0 radical (unpaired) electrons. The van der Waals surface area contributed by atoms with Crippen LogP contribution >= 0.6 is 0 Å². The van der Waals surface area contributed by atoms with E-state index >= 15 is 0 Å². The number of likely N-dealkylation sites (tertiary alicyclic amines) is 1. The monoisotopic (exact) mass is 270 g/mol. The van der Waals surface area contributed by atoms with Gasteiger partial charge in [0.25, 0.3) is 0 Å². The van der Waals surface area contributed by atoms with Gasteiger partial charge in [0.1, 0.15) is 0 Å². The minimum Gasteiger partial charge on any atom is -0.481 e. The summed E-state index contributed by atoms with van der Waals surface area (Å²) >= 11 is 0. The number of aliphatic carboxylic acids is 1. The van der Waals surface area contributed by atoms with Crippen molar-refractivity contribution in [2.75, 3.05) is 26.7 Å². The average molecular weight is 270 g/mol. The third-order valence-electron chi connectivity index (χ3n) is 3.80. The number of nitrogens with zero attached hydrogens (tertiary/aromatic N) is 2. The van der Waals surface area contributed by atoms with E-state index in [1.165, 1.54) is 11.8 Å². The topological polar surface area (TPSA) is 77.9 Å². The fraction of sp³-hybridized carbons (Fsp3) is 0.769. The molecule has 1 unspecified atom stereocenters. The highest BCUT2D eigenvalue weighted by molar-refractivity contribution is 5.85. The van der Waals surface area contributed by atoms with Gasteiger partial charge in [-0.15, -0.1) is 0 Å². The number of amides is 2. The summed E-state index contributed by atoms with van der Waals surface area (Å²) < 4.78 is 0. The standard InChI is InChI=1S/C13H22N2O4/c1-4-5-13(12(18)19)6-7-15(9-13)11(17)8-14(3)10(2)16/h4-9H2,1-3H3,(H,18,19). The fourth-order valence-corrected chi connectivity index (χ4v) is 2.46. The summed E-state index contributed by atoms with van der Waals surface area (Å²) in [5.41, 5.74) is -0.806. The normalized spacial score (nSPS) is 22.4. The molecule has 0 aromatic heterocycles. The maximum absolute atomic E-state index is 12.0. The van der Waals surface area contributed by atoms with Crippen LogP contribution in [0.2, 0.25) is 0 Å². The van der Waals surface area contributed by atoms with E-state index in [0.29, 0.717) is 19.4 Å². The van der Waals surface area contributed by atoms with Crippen LogP contribution in [0.3, 0.4) is 0 Å². The average Bonchev–Trinajstić information content (AvgIpc) is 2.75. The third kappa shape index (κ3) is 3.45. The second-order valence-electron chi connectivity index (χ2n) is 5.28. The molecule has 6 heteroatoms. The van der Waals surface area contributed by atoms with E-state index in [0.717, 1.165) is 6.42 Å². The number of carbonyl (C=O) groups is 3. The molecule has 1 aliphatic heterocycles. The van der Waals surface area contributed by atoms with Crippen LogP contribution in [0.1, 0.15) is 33.1 Å². The molecule has 108 valence electrons. The number of rotatable bonds is 5. The summed E-state index contributed by atoms with van der Waals surface area (Å²) in [6, 6.07) is 0. The van der Waals surface area contributed by atoms with E-state index < -0.39 is 11.4 Å². The smallest absolute Gasteiger partial charge is 0.311 e. The number of carboxylic acids is 1. The Bertz CT molecular complexity index is 383. The predicted octanol–water partition coefficient (Wildman–Crippen LogP) is 0.568. The van der Waals surface area contributed by atoms with Gasteiger partial charge in [-0.25, -0.2) is 0 Å². The van der Waals surface area contributed by atoms with Crippen molar-refractivity contribution in [3.05, 3.63) is 0 Å². The van der Waals surface area contributed by atoms with Crippen LogP contribution in [-0.4, -0.2) is 59.4 Å². The van der Waals surface area contributed by atoms with Crippen molar-refractivity contribution in [3.8, 4) is 0 Å². The zero-order chi connectivity index (χ0) is 14.6. The van der Waals surface area contributed by atoms with Crippen LogP contribution in [0, 0.1) is 5.41 Å². The SMILES string of the molecule is CCCC1(C(=O)O)CCN(C(=O)CN(C)C(C)=O)C1. The molecule has 1 atom stereocenters. The van der Waals surface area contributed by atoms with E-state index in [1.807, 2.05) is 6.92 Å². The molecule has 1 aliphatic rings. The summed E-state index contributed by atoms with van der Waals surface area (Å²) in [5, 5.41) is 9.36. The van der Waals surface area contributed by atoms with Crippen LogP contribution in [0.15, 0.2) is 0 Å². The van der Waals surface area contributed by atoms with Crippen LogP contribution in [0.4, 0.5) is 0 Å². The molecule has 6 nitrogen and oxygen atoms in total. The molecule has 0 aromatic rings. The summed E-state index contributed by atoms with van der Waals surface area (Å²) in [6.07, 6.45) is 1.85. The molecule has 0 aliphatic carbocycles. The first-order valence-electron chi connectivity index (χ1n) is 6.55. The van der Waals surface area contributed by atoms with Crippen LogP contribution in [0.25, 0.3) is 0 Å². The van der Waals surface area contributed by atoms with Crippen LogP contribution in [0.5, 0.6) is 0 Å². The molecule has 1 saturated heterocycles. The van der Waals surface area contributed by atoms with E-state index in [-0.39, 0.29) is 24.9 Å². The van der Waals surface area contributed by atoms with Gasteiger partial charge in [-0.3, -0.25) is 14.4 Å². The molecule has 0 saturated carbocycles. The van der Waals surface area contributed by atoms with Crippen molar-refractivity contribution < 1.29 is 19.5 Å². The van der Waals surface area contributed by atoms with Crippen molar-refractivity contribution >= 4 is 17.8 Å². The highest BCUT2D eigenvalue weighted by Crippen LogP contribution is 2.35. The Morgan fingerprint density at radius 3 is 2.47 bits per heavy atom. The van der Waals surface area contributed by atoms with Crippen molar-refractivity contribution in [2.24, 2.45) is 5.41 Å². The summed E-state index contributed by atoms with van der Waals surface area (Å²) in [7, 11) is 1.56. The van der Waals surface area contributed by atoms with Crippen molar-refractivity contribution in [3.63, 3.8) is 0 Å². The molecule has 2 amide bonds. The molecule has 0 bridgehead atoms. The maximum atomic E-state index is 12.0. The van der Waals surface area contributed by atoms with Crippen molar-refractivity contribution in [2.45, 2.75) is 33.1 Å². The van der Waals surface area contributed by atoms with E-state index in [2.05, 4.69) is 0 Å². The highest BCUT2D eigenvalue weighted by atomic mass is 16.4. The highest BCUT2D eigenvalue weighted by Gasteiger charge is 2.45. The zero-order valence-electron chi connectivity index (χ0n) is 11.8. The minimum atomic E-state index is -0.829. The van der Waals surface area contributed by atoms with E-state index in [4.69, 9.17) is 0 Å². The molecular formula is C13H22N2O4. The molecule has 1 fully saturated rings. The van der Waals surface area contributed by atoms with Gasteiger partial charge < -0.3 is 14.9 Å². The zero-order valence-corrected chi connectivity index (χ0v) is 11.8. The Morgan fingerprint density at radius 1 is 1.37 bits per heavy atom. The van der Waals surface area contributed by atoms with Gasteiger partial charge in [0.05, 0.1) is 12.0 Å². The molecule has 1 N–H and O–H groups in total. The Hall–Kier alpha value is -1.59. The predicted molar refractivity (Wildman–Crippen MR) is 69.5 cm³/mol. The number of likely N-dealkylation sites (N-methyl/N-ethyl adjacent to an activating group) is 1.